The van der Waals surface area contributed by atoms with E-state index in [2.05, 4.69) is 154 Å². The Morgan fingerprint density at radius 1 is 0.288 bits per heavy atom. The van der Waals surface area contributed by atoms with Crippen LogP contribution in [0.5, 0.6) is 0 Å². The molecule has 0 saturated carbocycles. The van der Waals surface area contributed by atoms with Gasteiger partial charge < -0.3 is 14.2 Å². The summed E-state index contributed by atoms with van der Waals surface area (Å²) in [5.41, 5.74) is 0. The molecule has 0 aliphatic heterocycles. The van der Waals surface area contributed by atoms with Crippen LogP contribution in [-0.2, 0) is 28.6 Å². The number of allylic oxidation sites excluding steroid dienone is 24. The van der Waals surface area contributed by atoms with Gasteiger partial charge in [0.05, 0.1) is 0 Å². The van der Waals surface area contributed by atoms with E-state index in [4.69, 9.17) is 14.2 Å². The van der Waals surface area contributed by atoms with Crippen molar-refractivity contribution in [2.24, 2.45) is 0 Å². The molecule has 0 rings (SSSR count). The first kappa shape index (κ1) is 68.3. The average molecular weight is 1010 g/mol. The summed E-state index contributed by atoms with van der Waals surface area (Å²) in [7, 11) is 0. The van der Waals surface area contributed by atoms with Gasteiger partial charge in [0.1, 0.15) is 13.2 Å². The number of carbonyl (C=O) groups excluding carboxylic acids is 3. The summed E-state index contributed by atoms with van der Waals surface area (Å²) in [6.45, 7) is 6.29. The number of hydrogen-bond donors (Lipinski definition) is 0. The molecule has 0 N–H and O–H groups in total. The van der Waals surface area contributed by atoms with Crippen molar-refractivity contribution in [3.63, 3.8) is 0 Å². The summed E-state index contributed by atoms with van der Waals surface area (Å²) in [5.74, 6) is -1.08. The first-order chi connectivity index (χ1) is 36.0. The van der Waals surface area contributed by atoms with Crippen LogP contribution in [-0.4, -0.2) is 37.2 Å². The highest BCUT2D eigenvalue weighted by molar-refractivity contribution is 5.71. The zero-order chi connectivity index (χ0) is 52.9. The molecule has 6 heteroatoms. The fourth-order valence-corrected chi connectivity index (χ4v) is 7.50. The van der Waals surface area contributed by atoms with Gasteiger partial charge in [-0.2, -0.15) is 0 Å². The molecular formula is C67H106O6. The maximum atomic E-state index is 12.9. The third-order valence-electron chi connectivity index (χ3n) is 11.8. The Balaban J connectivity index is 4.60. The molecule has 73 heavy (non-hydrogen) atoms. The SMILES string of the molecule is CC/C=C/C/C=C/C/C=C/C/C=C/C/C=C/C/C=C/CCC(=O)OC[C@@H](COC(=O)CCC/C=C/C/C=C/C/C=C/C/C=C/C/C=C/CC)OC(=O)CCCCCCCCCCC/C=C/CCCCCCCC. The number of esters is 3. The Bertz CT molecular complexity index is 1630. The Kier molecular flexibility index (Phi) is 56.0. The Hall–Kier alpha value is -4.71. The van der Waals surface area contributed by atoms with Crippen LogP contribution in [0.15, 0.2) is 146 Å². The molecule has 0 aromatic heterocycles. The standard InChI is InChI=1S/C67H106O6/c1-4-7-10-13-16-19-22-25-28-31-33-36-39-42-45-48-51-54-57-60-66(69)72-63-64(62-71-65(68)59-56-53-50-47-44-41-38-35-30-27-24-21-18-15-12-9-6-3)73-67(70)61-58-55-52-49-46-43-40-37-34-32-29-26-23-20-17-14-11-8-5-2/h7,9-10,12,16,18-19,21,25-30,33,36,38,41-42,45,47,50-51,54,64H,4-6,8,11,13-15,17,20,22-24,31-32,34-35,37,39-40,43-44,46,48-49,52-53,55-63H2,1-3H3/b10-7+,12-9+,19-16+,21-18+,28-25+,29-26+,30-27+,36-33+,41-38+,45-42+,50-47+,54-51+/t64-/m1/s1. The lowest BCUT2D eigenvalue weighted by molar-refractivity contribution is -0.166. The van der Waals surface area contributed by atoms with Crippen molar-refractivity contribution in [2.75, 3.05) is 13.2 Å². The summed E-state index contributed by atoms with van der Waals surface area (Å²) in [6.07, 6.45) is 85.7. The van der Waals surface area contributed by atoms with E-state index < -0.39 is 6.10 Å². The minimum atomic E-state index is -0.840. The second-order valence-electron chi connectivity index (χ2n) is 18.8. The molecule has 0 amide bonds. The Morgan fingerprint density at radius 2 is 0.575 bits per heavy atom. The summed E-state index contributed by atoms with van der Waals surface area (Å²) in [6, 6.07) is 0. The van der Waals surface area contributed by atoms with E-state index in [0.29, 0.717) is 19.3 Å². The van der Waals surface area contributed by atoms with E-state index >= 15 is 0 Å². The molecule has 0 aliphatic rings. The van der Waals surface area contributed by atoms with Crippen molar-refractivity contribution in [1.29, 1.82) is 0 Å². The summed E-state index contributed by atoms with van der Waals surface area (Å²) in [4.78, 5) is 38.2. The largest absolute Gasteiger partial charge is 0.462 e. The molecule has 0 radical (unpaired) electrons. The van der Waals surface area contributed by atoms with Crippen LogP contribution < -0.4 is 0 Å². The zero-order valence-corrected chi connectivity index (χ0v) is 46.8. The lowest BCUT2D eigenvalue weighted by Crippen LogP contribution is -2.30. The fourth-order valence-electron chi connectivity index (χ4n) is 7.50. The molecule has 0 fully saturated rings. The summed E-state index contributed by atoms with van der Waals surface area (Å²) in [5, 5.41) is 0. The third kappa shape index (κ3) is 58.1. The fraction of sp³-hybridized carbons (Fsp3) is 0.597. The van der Waals surface area contributed by atoms with E-state index in [0.717, 1.165) is 96.3 Å². The first-order valence-electron chi connectivity index (χ1n) is 29.3. The number of hydrogen-bond acceptors (Lipinski definition) is 6. The van der Waals surface area contributed by atoms with Crippen LogP contribution in [0.25, 0.3) is 0 Å². The molecule has 0 aliphatic carbocycles. The molecule has 410 valence electrons. The average Bonchev–Trinajstić information content (AvgIpc) is 3.39. The molecule has 0 unspecified atom stereocenters. The van der Waals surface area contributed by atoms with Gasteiger partial charge in [0, 0.05) is 19.3 Å². The van der Waals surface area contributed by atoms with Gasteiger partial charge >= 0.3 is 17.9 Å². The number of unbranched alkanes of at least 4 members (excludes halogenated alkanes) is 16. The molecule has 0 heterocycles. The minimum absolute atomic E-state index is 0.137. The van der Waals surface area contributed by atoms with E-state index in [9.17, 15) is 14.4 Å². The highest BCUT2D eigenvalue weighted by Gasteiger charge is 2.19. The topological polar surface area (TPSA) is 78.9 Å². The van der Waals surface area contributed by atoms with Gasteiger partial charge in [0.25, 0.3) is 0 Å². The smallest absolute Gasteiger partial charge is 0.306 e. The normalized spacial score (nSPS) is 13.2. The quantitative estimate of drug-likeness (QED) is 0.0261. The monoisotopic (exact) mass is 1010 g/mol. The van der Waals surface area contributed by atoms with Gasteiger partial charge in [0.2, 0.25) is 0 Å². The van der Waals surface area contributed by atoms with Crippen LogP contribution in [0.2, 0.25) is 0 Å². The van der Waals surface area contributed by atoms with Crippen molar-refractivity contribution in [1.82, 2.24) is 0 Å². The lowest BCUT2D eigenvalue weighted by Gasteiger charge is -2.18. The highest BCUT2D eigenvalue weighted by Crippen LogP contribution is 2.14. The van der Waals surface area contributed by atoms with Gasteiger partial charge in [-0.15, -0.1) is 0 Å². The highest BCUT2D eigenvalue weighted by atomic mass is 16.6. The Labute approximate surface area is 448 Å². The number of ether oxygens (including phenoxy) is 3. The molecule has 0 saturated heterocycles. The van der Waals surface area contributed by atoms with Crippen LogP contribution in [0.3, 0.4) is 0 Å². The molecule has 0 bridgehead atoms. The molecule has 6 nitrogen and oxygen atoms in total. The van der Waals surface area contributed by atoms with Crippen molar-refractivity contribution in [3.8, 4) is 0 Å². The van der Waals surface area contributed by atoms with Gasteiger partial charge in [-0.25, -0.2) is 0 Å². The second kappa shape index (κ2) is 59.8. The van der Waals surface area contributed by atoms with E-state index in [1.54, 1.807) is 0 Å². The third-order valence-corrected chi connectivity index (χ3v) is 11.8. The van der Waals surface area contributed by atoms with Gasteiger partial charge in [-0.3, -0.25) is 14.4 Å². The van der Waals surface area contributed by atoms with E-state index in [1.807, 2.05) is 12.2 Å². The van der Waals surface area contributed by atoms with Crippen LogP contribution in [0, 0.1) is 0 Å². The molecule has 0 spiro atoms. The minimum Gasteiger partial charge on any atom is -0.462 e. The van der Waals surface area contributed by atoms with E-state index in [-0.39, 0.29) is 44.0 Å². The Morgan fingerprint density at radius 3 is 0.973 bits per heavy atom. The molecule has 0 aromatic carbocycles. The molecule has 1 atom stereocenters. The van der Waals surface area contributed by atoms with Crippen molar-refractivity contribution >= 4 is 17.9 Å². The zero-order valence-electron chi connectivity index (χ0n) is 46.8. The van der Waals surface area contributed by atoms with Crippen molar-refractivity contribution in [2.45, 2.75) is 245 Å². The maximum absolute atomic E-state index is 12.9. The lowest BCUT2D eigenvalue weighted by atomic mass is 10.1. The molecule has 0 aromatic rings. The van der Waals surface area contributed by atoms with Gasteiger partial charge in [-0.05, 0) is 122 Å². The van der Waals surface area contributed by atoms with Gasteiger partial charge in [-0.1, -0.05) is 244 Å². The first-order valence-corrected chi connectivity index (χ1v) is 29.3. The predicted octanol–water partition coefficient (Wildman–Crippen LogP) is 20.0. The molecular weight excluding hydrogens is 901 g/mol. The van der Waals surface area contributed by atoms with Crippen molar-refractivity contribution in [3.05, 3.63) is 146 Å². The summed E-state index contributed by atoms with van der Waals surface area (Å²) >= 11 is 0. The second-order valence-corrected chi connectivity index (χ2v) is 18.8. The van der Waals surface area contributed by atoms with Gasteiger partial charge in [0.15, 0.2) is 6.10 Å². The number of carbonyl (C=O) groups is 3. The number of rotatable bonds is 51. The van der Waals surface area contributed by atoms with Crippen molar-refractivity contribution < 1.29 is 28.6 Å². The summed E-state index contributed by atoms with van der Waals surface area (Å²) < 4.78 is 16.8. The predicted molar refractivity (Wildman–Crippen MR) is 315 cm³/mol. The van der Waals surface area contributed by atoms with E-state index in [1.165, 1.54) is 89.9 Å². The maximum Gasteiger partial charge on any atom is 0.306 e. The van der Waals surface area contributed by atoms with Crippen LogP contribution >= 0.6 is 0 Å². The van der Waals surface area contributed by atoms with Crippen LogP contribution in [0.4, 0.5) is 0 Å². The van der Waals surface area contributed by atoms with Crippen LogP contribution in [0.1, 0.15) is 239 Å².